The number of rotatable bonds is 6. The number of fused-ring (bicyclic) bond motifs is 1. The largest absolute Gasteiger partial charge is 0.381 e. The van der Waals surface area contributed by atoms with Gasteiger partial charge in [-0.15, -0.1) is 10.2 Å². The molecule has 1 amide bonds. The number of aromatic nitrogens is 7. The Morgan fingerprint density at radius 2 is 2.12 bits per heavy atom. The molecular weight excluding hydrogens is 408 g/mol. The Labute approximate surface area is 187 Å². The van der Waals surface area contributed by atoms with Crippen LogP contribution >= 0.6 is 0 Å². The Kier molecular flexibility index (Phi) is 5.77. The Hall–Kier alpha value is -3.01. The summed E-state index contributed by atoms with van der Waals surface area (Å²) in [7, 11) is 0. The summed E-state index contributed by atoms with van der Waals surface area (Å²) in [5.74, 6) is 2.20. The number of imidazole rings is 1. The summed E-state index contributed by atoms with van der Waals surface area (Å²) in [5.41, 5.74) is 2.47. The first-order chi connectivity index (χ1) is 15.6. The Morgan fingerprint density at radius 3 is 2.88 bits per heavy atom. The van der Waals surface area contributed by atoms with Gasteiger partial charge in [-0.25, -0.2) is 4.98 Å². The maximum absolute atomic E-state index is 13.5. The summed E-state index contributed by atoms with van der Waals surface area (Å²) in [6.45, 7) is 7.36. The summed E-state index contributed by atoms with van der Waals surface area (Å²) in [6.07, 6.45) is 9.03. The van der Waals surface area contributed by atoms with Gasteiger partial charge < -0.3 is 19.2 Å². The van der Waals surface area contributed by atoms with Crippen molar-refractivity contribution in [1.82, 2.24) is 39.4 Å². The van der Waals surface area contributed by atoms with Crippen molar-refractivity contribution < 1.29 is 9.53 Å². The molecule has 0 spiro atoms. The Bertz CT molecular complexity index is 1060. The van der Waals surface area contributed by atoms with Crippen molar-refractivity contribution in [3.63, 3.8) is 0 Å². The molecule has 3 aromatic heterocycles. The SMILES string of the molecule is CCCn1cc(C(=O)N2Cc3nnc(C4CCOCC4)n3C(Cc3cnc[nH]3)C2)c(C)n1. The van der Waals surface area contributed by atoms with Gasteiger partial charge in [0.05, 0.1) is 30.2 Å². The number of H-pyrrole nitrogens is 1. The van der Waals surface area contributed by atoms with Crippen LogP contribution in [0.5, 0.6) is 0 Å². The lowest BCUT2D eigenvalue weighted by Gasteiger charge is -2.35. The van der Waals surface area contributed by atoms with Crippen LogP contribution in [-0.2, 0) is 24.2 Å². The van der Waals surface area contributed by atoms with E-state index in [0.29, 0.717) is 24.6 Å². The lowest BCUT2D eigenvalue weighted by molar-refractivity contribution is 0.0658. The first kappa shape index (κ1) is 20.9. The highest BCUT2D eigenvalue weighted by Gasteiger charge is 2.35. The minimum atomic E-state index is 0.00123. The molecule has 1 saturated heterocycles. The van der Waals surface area contributed by atoms with E-state index in [0.717, 1.165) is 68.5 Å². The zero-order valence-corrected chi connectivity index (χ0v) is 18.7. The minimum absolute atomic E-state index is 0.00123. The molecule has 170 valence electrons. The van der Waals surface area contributed by atoms with Crippen LogP contribution in [0.4, 0.5) is 0 Å². The number of amides is 1. The van der Waals surface area contributed by atoms with E-state index in [1.807, 2.05) is 28.9 Å². The number of aromatic amines is 1. The van der Waals surface area contributed by atoms with Gasteiger partial charge in [0.1, 0.15) is 5.82 Å². The van der Waals surface area contributed by atoms with Crippen molar-refractivity contribution in [3.05, 3.63) is 47.3 Å². The van der Waals surface area contributed by atoms with E-state index in [1.165, 1.54) is 0 Å². The molecule has 32 heavy (non-hydrogen) atoms. The molecule has 0 saturated carbocycles. The van der Waals surface area contributed by atoms with Gasteiger partial charge in [0.25, 0.3) is 5.91 Å². The first-order valence-electron chi connectivity index (χ1n) is 11.5. The van der Waals surface area contributed by atoms with Gasteiger partial charge in [-0.05, 0) is 26.2 Å². The predicted octanol–water partition coefficient (Wildman–Crippen LogP) is 2.25. The lowest BCUT2D eigenvalue weighted by Crippen LogP contribution is -2.42. The molecule has 10 nitrogen and oxygen atoms in total. The Morgan fingerprint density at radius 1 is 1.28 bits per heavy atom. The van der Waals surface area contributed by atoms with Gasteiger partial charge in [0.2, 0.25) is 0 Å². The third kappa shape index (κ3) is 3.94. The van der Waals surface area contributed by atoms with E-state index in [4.69, 9.17) is 4.74 Å². The van der Waals surface area contributed by atoms with Crippen molar-refractivity contribution in [3.8, 4) is 0 Å². The van der Waals surface area contributed by atoms with E-state index in [-0.39, 0.29) is 11.9 Å². The fraction of sp³-hybridized carbons (Fsp3) is 0.591. The predicted molar refractivity (Wildman–Crippen MR) is 116 cm³/mol. The van der Waals surface area contributed by atoms with Crippen molar-refractivity contribution >= 4 is 5.91 Å². The van der Waals surface area contributed by atoms with Crippen LogP contribution in [0.25, 0.3) is 0 Å². The molecule has 3 aromatic rings. The molecule has 0 aliphatic carbocycles. The molecular formula is C22H30N8O2. The molecule has 1 fully saturated rings. The summed E-state index contributed by atoms with van der Waals surface area (Å²) in [6, 6.07) is 0.0435. The van der Waals surface area contributed by atoms with Crippen LogP contribution in [0.1, 0.15) is 71.5 Å². The van der Waals surface area contributed by atoms with Gasteiger partial charge >= 0.3 is 0 Å². The second kappa shape index (κ2) is 8.85. The number of hydrogen-bond donors (Lipinski definition) is 1. The summed E-state index contributed by atoms with van der Waals surface area (Å²) in [4.78, 5) is 22.8. The molecule has 1 atom stereocenters. The van der Waals surface area contributed by atoms with Gasteiger partial charge in [-0.1, -0.05) is 6.92 Å². The molecule has 1 unspecified atom stereocenters. The maximum Gasteiger partial charge on any atom is 0.257 e. The third-order valence-electron chi connectivity index (χ3n) is 6.43. The summed E-state index contributed by atoms with van der Waals surface area (Å²) in [5, 5.41) is 13.6. The van der Waals surface area contributed by atoms with Crippen LogP contribution in [0.15, 0.2) is 18.7 Å². The zero-order valence-electron chi connectivity index (χ0n) is 18.7. The van der Waals surface area contributed by atoms with Crippen molar-refractivity contribution in [1.29, 1.82) is 0 Å². The van der Waals surface area contributed by atoms with Crippen molar-refractivity contribution in [2.24, 2.45) is 0 Å². The molecule has 0 aromatic carbocycles. The number of ether oxygens (including phenoxy) is 1. The van der Waals surface area contributed by atoms with Gasteiger partial charge in [0.15, 0.2) is 5.82 Å². The summed E-state index contributed by atoms with van der Waals surface area (Å²) < 4.78 is 9.68. The number of hydrogen-bond acceptors (Lipinski definition) is 6. The molecule has 2 aliphatic rings. The average Bonchev–Trinajstić information content (AvgIpc) is 3.54. The van der Waals surface area contributed by atoms with Gasteiger partial charge in [-0.2, -0.15) is 5.10 Å². The van der Waals surface area contributed by atoms with E-state index >= 15 is 0 Å². The molecule has 2 aliphatic heterocycles. The summed E-state index contributed by atoms with van der Waals surface area (Å²) >= 11 is 0. The fourth-order valence-electron chi connectivity index (χ4n) is 4.85. The van der Waals surface area contributed by atoms with E-state index in [2.05, 4.69) is 36.8 Å². The topological polar surface area (TPSA) is 107 Å². The Balaban J connectivity index is 1.45. The number of aryl methyl sites for hydroxylation is 2. The molecule has 0 radical (unpaired) electrons. The molecule has 10 heteroatoms. The normalized spacial score (nSPS) is 19.3. The van der Waals surface area contributed by atoms with Crippen LogP contribution in [0, 0.1) is 6.92 Å². The average molecular weight is 439 g/mol. The van der Waals surface area contributed by atoms with Crippen molar-refractivity contribution in [2.45, 2.75) is 64.6 Å². The van der Waals surface area contributed by atoms with Crippen LogP contribution < -0.4 is 0 Å². The monoisotopic (exact) mass is 438 g/mol. The zero-order chi connectivity index (χ0) is 22.1. The molecule has 5 rings (SSSR count). The molecule has 5 heterocycles. The van der Waals surface area contributed by atoms with Gasteiger partial charge in [-0.3, -0.25) is 9.48 Å². The highest BCUT2D eigenvalue weighted by Crippen LogP contribution is 2.32. The highest BCUT2D eigenvalue weighted by atomic mass is 16.5. The highest BCUT2D eigenvalue weighted by molar-refractivity contribution is 5.95. The van der Waals surface area contributed by atoms with Gasteiger partial charge in [0, 0.05) is 56.7 Å². The van der Waals surface area contributed by atoms with E-state index in [9.17, 15) is 4.79 Å². The second-order valence-corrected chi connectivity index (χ2v) is 8.74. The van der Waals surface area contributed by atoms with Crippen LogP contribution in [0.3, 0.4) is 0 Å². The number of nitrogens with one attached hydrogen (secondary N) is 1. The quantitative estimate of drug-likeness (QED) is 0.633. The van der Waals surface area contributed by atoms with E-state index in [1.54, 1.807) is 6.33 Å². The van der Waals surface area contributed by atoms with Crippen LogP contribution in [-0.4, -0.2) is 65.1 Å². The lowest BCUT2D eigenvalue weighted by atomic mass is 9.98. The fourth-order valence-corrected chi connectivity index (χ4v) is 4.85. The molecule has 0 bridgehead atoms. The minimum Gasteiger partial charge on any atom is -0.381 e. The van der Waals surface area contributed by atoms with Crippen LogP contribution in [0.2, 0.25) is 0 Å². The second-order valence-electron chi connectivity index (χ2n) is 8.74. The number of carbonyl (C=O) groups excluding carboxylic acids is 1. The molecule has 1 N–H and O–H groups in total. The first-order valence-corrected chi connectivity index (χ1v) is 11.5. The van der Waals surface area contributed by atoms with Crippen molar-refractivity contribution in [2.75, 3.05) is 19.8 Å². The smallest absolute Gasteiger partial charge is 0.257 e. The third-order valence-corrected chi connectivity index (χ3v) is 6.43. The van der Waals surface area contributed by atoms with E-state index < -0.39 is 0 Å². The maximum atomic E-state index is 13.5. The number of carbonyl (C=O) groups is 1. The number of nitrogens with zero attached hydrogens (tertiary/aromatic N) is 7. The standard InChI is InChI=1S/C22H30N8O2/c1-3-6-29-12-19(15(2)27-29)22(31)28-11-18(9-17-10-23-14-24-17)30-20(13-28)25-26-21(30)16-4-7-32-8-5-16/h10,12,14,16,18H,3-9,11,13H2,1-2H3,(H,23,24).